The van der Waals surface area contributed by atoms with Crippen molar-refractivity contribution in [1.29, 1.82) is 0 Å². The van der Waals surface area contributed by atoms with Crippen molar-refractivity contribution in [2.24, 2.45) is 7.05 Å². The molecule has 3 aromatic heterocycles. The average Bonchev–Trinajstić information content (AvgIpc) is 2.81. The summed E-state index contributed by atoms with van der Waals surface area (Å²) >= 11 is 5.88. The quantitative estimate of drug-likeness (QED) is 0.661. The minimum Gasteiger partial charge on any atom is -0.369 e. The predicted molar refractivity (Wildman–Crippen MR) is 65.1 cm³/mol. The smallest absolute Gasteiger partial charge is 0.207 e. The third-order valence-corrected chi connectivity index (χ3v) is 2.66. The van der Waals surface area contributed by atoms with E-state index in [1.165, 1.54) is 0 Å². The van der Waals surface area contributed by atoms with Gasteiger partial charge in [-0.05, 0) is 12.1 Å². The molecule has 0 saturated heterocycles. The minimum atomic E-state index is 0.364. The summed E-state index contributed by atoms with van der Waals surface area (Å²) in [6.07, 6.45) is 3.53. The fraction of sp³-hybridized carbons (Fsp3) is 0.100. The zero-order valence-electron chi connectivity index (χ0n) is 9.00. The van der Waals surface area contributed by atoms with Crippen LogP contribution >= 0.6 is 11.6 Å². The molecule has 3 aromatic rings. The molecule has 0 saturated carbocycles. The number of aromatic nitrogens is 5. The van der Waals surface area contributed by atoms with E-state index in [2.05, 4.69) is 15.1 Å². The zero-order valence-corrected chi connectivity index (χ0v) is 9.76. The fourth-order valence-corrected chi connectivity index (χ4v) is 1.87. The van der Waals surface area contributed by atoms with Gasteiger partial charge in [-0.25, -0.2) is 9.97 Å². The van der Waals surface area contributed by atoms with Crippen LogP contribution in [-0.4, -0.2) is 24.3 Å². The van der Waals surface area contributed by atoms with Crippen LogP contribution < -0.4 is 5.73 Å². The van der Waals surface area contributed by atoms with E-state index in [4.69, 9.17) is 17.3 Å². The van der Waals surface area contributed by atoms with Gasteiger partial charge in [0, 0.05) is 13.2 Å². The van der Waals surface area contributed by atoms with Gasteiger partial charge in [0.1, 0.15) is 10.7 Å². The Morgan fingerprint density at radius 1 is 1.29 bits per heavy atom. The van der Waals surface area contributed by atoms with Gasteiger partial charge in [0.05, 0.1) is 11.9 Å². The Bertz CT molecular complexity index is 698. The number of pyridine rings is 1. The van der Waals surface area contributed by atoms with Crippen LogP contribution in [0.1, 0.15) is 0 Å². The summed E-state index contributed by atoms with van der Waals surface area (Å²) in [5.74, 6) is 0.364. The molecule has 0 aliphatic carbocycles. The fourth-order valence-electron chi connectivity index (χ4n) is 1.73. The third kappa shape index (κ3) is 1.53. The van der Waals surface area contributed by atoms with Crippen LogP contribution in [0.25, 0.3) is 16.9 Å². The van der Waals surface area contributed by atoms with Gasteiger partial charge < -0.3 is 5.73 Å². The van der Waals surface area contributed by atoms with Gasteiger partial charge in [0.2, 0.25) is 5.95 Å². The molecule has 0 aliphatic heterocycles. The Balaban J connectivity index is 2.34. The van der Waals surface area contributed by atoms with Crippen molar-refractivity contribution in [3.05, 3.63) is 29.7 Å². The summed E-state index contributed by atoms with van der Waals surface area (Å²) in [7, 11) is 1.83. The molecule has 0 aliphatic rings. The standard InChI is InChI=1S/C10H9ClN6/c1-16-5-6(4-13-16)17-9-7(14-10(17)12)2-3-8(11)15-9/h2-5H,1H3,(H2,12,14). The Morgan fingerprint density at radius 2 is 2.12 bits per heavy atom. The Kier molecular flexibility index (Phi) is 2.05. The van der Waals surface area contributed by atoms with E-state index in [-0.39, 0.29) is 0 Å². The highest BCUT2D eigenvalue weighted by atomic mass is 35.5. The Morgan fingerprint density at radius 3 is 2.82 bits per heavy atom. The number of nitrogen functional groups attached to an aromatic ring is 1. The lowest BCUT2D eigenvalue weighted by molar-refractivity contribution is 0.767. The van der Waals surface area contributed by atoms with Crippen molar-refractivity contribution in [1.82, 2.24) is 24.3 Å². The van der Waals surface area contributed by atoms with Crippen molar-refractivity contribution in [3.8, 4) is 5.69 Å². The van der Waals surface area contributed by atoms with Crippen molar-refractivity contribution in [3.63, 3.8) is 0 Å². The first-order valence-electron chi connectivity index (χ1n) is 4.94. The van der Waals surface area contributed by atoms with Crippen LogP contribution in [-0.2, 0) is 7.05 Å². The summed E-state index contributed by atoms with van der Waals surface area (Å²) < 4.78 is 3.40. The number of imidazole rings is 1. The van der Waals surface area contributed by atoms with Gasteiger partial charge in [-0.1, -0.05) is 11.6 Å². The van der Waals surface area contributed by atoms with Gasteiger partial charge in [0.15, 0.2) is 5.65 Å². The van der Waals surface area contributed by atoms with Gasteiger partial charge in [-0.15, -0.1) is 0 Å². The number of rotatable bonds is 1. The number of halogens is 1. The number of nitrogens with two attached hydrogens (primary N) is 1. The highest BCUT2D eigenvalue weighted by molar-refractivity contribution is 6.29. The number of hydrogen-bond donors (Lipinski definition) is 1. The molecule has 0 radical (unpaired) electrons. The summed E-state index contributed by atoms with van der Waals surface area (Å²) in [4.78, 5) is 8.45. The molecule has 17 heavy (non-hydrogen) atoms. The second kappa shape index (κ2) is 3.46. The van der Waals surface area contributed by atoms with Crippen LogP contribution in [0.3, 0.4) is 0 Å². The molecule has 0 fully saturated rings. The summed E-state index contributed by atoms with van der Waals surface area (Å²) in [6, 6.07) is 3.47. The lowest BCUT2D eigenvalue weighted by atomic mass is 10.4. The Labute approximate surface area is 102 Å². The molecule has 0 bridgehead atoms. The summed E-state index contributed by atoms with van der Waals surface area (Å²) in [5, 5.41) is 4.50. The molecule has 3 heterocycles. The van der Waals surface area contributed by atoms with Crippen molar-refractivity contribution >= 4 is 28.7 Å². The maximum absolute atomic E-state index is 5.88. The van der Waals surface area contributed by atoms with Gasteiger partial charge in [0.25, 0.3) is 0 Å². The van der Waals surface area contributed by atoms with Gasteiger partial charge >= 0.3 is 0 Å². The number of anilines is 1. The lowest BCUT2D eigenvalue weighted by Crippen LogP contribution is -2.00. The van der Waals surface area contributed by atoms with Crippen LogP contribution in [0.2, 0.25) is 5.15 Å². The molecule has 0 atom stereocenters. The number of fused-ring (bicyclic) bond motifs is 1. The average molecular weight is 249 g/mol. The van der Waals surface area contributed by atoms with Gasteiger partial charge in [-0.3, -0.25) is 9.25 Å². The lowest BCUT2D eigenvalue weighted by Gasteiger charge is -2.01. The molecule has 0 unspecified atom stereocenters. The van der Waals surface area contributed by atoms with E-state index in [1.54, 1.807) is 27.6 Å². The maximum Gasteiger partial charge on any atom is 0.207 e. The van der Waals surface area contributed by atoms with Gasteiger partial charge in [-0.2, -0.15) is 5.10 Å². The SMILES string of the molecule is Cn1cc(-n2c(N)nc3ccc(Cl)nc32)cn1. The first-order valence-corrected chi connectivity index (χ1v) is 5.32. The number of aryl methyl sites for hydroxylation is 1. The summed E-state index contributed by atoms with van der Waals surface area (Å²) in [5.41, 5.74) is 8.02. The molecule has 7 heteroatoms. The van der Waals surface area contributed by atoms with Crippen molar-refractivity contribution in [2.75, 3.05) is 5.73 Å². The van der Waals surface area contributed by atoms with E-state index in [0.29, 0.717) is 22.3 Å². The first-order chi connectivity index (χ1) is 8.15. The van der Waals surface area contributed by atoms with Crippen molar-refractivity contribution in [2.45, 2.75) is 0 Å². The first kappa shape index (κ1) is 10.1. The van der Waals surface area contributed by atoms with Crippen LogP contribution in [0, 0.1) is 0 Å². The molecule has 2 N–H and O–H groups in total. The van der Waals surface area contributed by atoms with E-state index in [1.807, 2.05) is 13.2 Å². The zero-order chi connectivity index (χ0) is 12.0. The monoisotopic (exact) mass is 248 g/mol. The van der Waals surface area contributed by atoms with E-state index >= 15 is 0 Å². The van der Waals surface area contributed by atoms with E-state index in [0.717, 1.165) is 5.69 Å². The highest BCUT2D eigenvalue weighted by Gasteiger charge is 2.12. The highest BCUT2D eigenvalue weighted by Crippen LogP contribution is 2.22. The molecule has 0 amide bonds. The molecule has 3 rings (SSSR count). The number of hydrogen-bond acceptors (Lipinski definition) is 4. The summed E-state index contributed by atoms with van der Waals surface area (Å²) in [6.45, 7) is 0. The minimum absolute atomic E-state index is 0.364. The topological polar surface area (TPSA) is 74.5 Å². The Hall–Kier alpha value is -2.08. The van der Waals surface area contributed by atoms with E-state index < -0.39 is 0 Å². The molecule has 6 nitrogen and oxygen atoms in total. The third-order valence-electron chi connectivity index (χ3n) is 2.45. The molecule has 0 spiro atoms. The van der Waals surface area contributed by atoms with Crippen molar-refractivity contribution < 1.29 is 0 Å². The second-order valence-electron chi connectivity index (χ2n) is 3.65. The molecular weight excluding hydrogens is 240 g/mol. The van der Waals surface area contributed by atoms with Crippen LogP contribution in [0.5, 0.6) is 0 Å². The predicted octanol–water partition coefficient (Wildman–Crippen LogP) is 1.39. The maximum atomic E-state index is 5.88. The molecule has 86 valence electrons. The van der Waals surface area contributed by atoms with E-state index in [9.17, 15) is 0 Å². The van der Waals surface area contributed by atoms with Crippen LogP contribution in [0.4, 0.5) is 5.95 Å². The number of nitrogens with zero attached hydrogens (tertiary/aromatic N) is 5. The molecule has 0 aromatic carbocycles. The largest absolute Gasteiger partial charge is 0.369 e. The molecular formula is C10H9ClN6. The normalized spacial score (nSPS) is 11.2. The second-order valence-corrected chi connectivity index (χ2v) is 4.04. The van der Waals surface area contributed by atoms with Crippen LogP contribution in [0.15, 0.2) is 24.5 Å².